The van der Waals surface area contributed by atoms with Gasteiger partial charge in [0, 0.05) is 48.5 Å². The van der Waals surface area contributed by atoms with Crippen LogP contribution in [0.1, 0.15) is 49.6 Å². The largest absolute Gasteiger partial charge is 0.381 e. The lowest BCUT2D eigenvalue weighted by atomic mass is 9.86. The highest BCUT2D eigenvalue weighted by molar-refractivity contribution is 6.07. The standard InChI is InChI=1S/C30H33FN6O/c1-18-27(36(4)35-34-18)21-16-24-26(33-17-21)22-10-11-23(30(2,3)32)25(31)29(22)37(24)28(19-8-6-5-7-9-19)20-12-14-38-15-13-20/h5-11,16-17,20,28H,12-15,32H2,1-4H3/t28-/m1/s1. The molecule has 8 heteroatoms. The molecule has 1 atom stereocenters. The first-order valence-corrected chi connectivity index (χ1v) is 13.2. The summed E-state index contributed by atoms with van der Waals surface area (Å²) in [4.78, 5) is 4.91. The lowest BCUT2D eigenvalue weighted by Crippen LogP contribution is -2.30. The van der Waals surface area contributed by atoms with Crippen molar-refractivity contribution in [1.82, 2.24) is 24.5 Å². The van der Waals surface area contributed by atoms with E-state index >= 15 is 4.39 Å². The normalized spacial score (nSPS) is 15.9. The second-order valence-electron chi connectivity index (χ2n) is 11.0. The van der Waals surface area contributed by atoms with Crippen molar-refractivity contribution < 1.29 is 9.13 Å². The molecule has 38 heavy (non-hydrogen) atoms. The summed E-state index contributed by atoms with van der Waals surface area (Å²) in [7, 11) is 1.87. The first kappa shape index (κ1) is 24.7. The predicted molar refractivity (Wildman–Crippen MR) is 147 cm³/mol. The van der Waals surface area contributed by atoms with Gasteiger partial charge in [0.05, 0.1) is 34.0 Å². The number of nitrogens with zero attached hydrogens (tertiary/aromatic N) is 5. The summed E-state index contributed by atoms with van der Waals surface area (Å²) in [5, 5.41) is 9.21. The van der Waals surface area contributed by atoms with Crippen molar-refractivity contribution >= 4 is 21.9 Å². The van der Waals surface area contributed by atoms with Crippen molar-refractivity contribution in [2.24, 2.45) is 18.7 Å². The number of benzene rings is 2. The Morgan fingerprint density at radius 2 is 1.84 bits per heavy atom. The molecule has 196 valence electrons. The molecule has 0 radical (unpaired) electrons. The van der Waals surface area contributed by atoms with Gasteiger partial charge in [-0.3, -0.25) is 4.98 Å². The highest BCUT2D eigenvalue weighted by atomic mass is 19.1. The number of aromatic nitrogens is 5. The quantitative estimate of drug-likeness (QED) is 0.329. The summed E-state index contributed by atoms with van der Waals surface area (Å²) in [5.41, 5.74) is 12.0. The molecule has 0 saturated carbocycles. The zero-order valence-corrected chi connectivity index (χ0v) is 22.3. The number of pyridine rings is 1. The first-order chi connectivity index (χ1) is 18.3. The van der Waals surface area contributed by atoms with Crippen LogP contribution >= 0.6 is 0 Å². The van der Waals surface area contributed by atoms with Gasteiger partial charge in [-0.15, -0.1) is 5.10 Å². The maximum atomic E-state index is 16.6. The van der Waals surface area contributed by atoms with Gasteiger partial charge in [0.2, 0.25) is 0 Å². The number of nitrogens with two attached hydrogens (primary N) is 1. The van der Waals surface area contributed by atoms with E-state index in [0.717, 1.165) is 51.8 Å². The van der Waals surface area contributed by atoms with Crippen LogP contribution in [0.4, 0.5) is 4.39 Å². The summed E-state index contributed by atoms with van der Waals surface area (Å²) < 4.78 is 26.3. The Kier molecular flexibility index (Phi) is 6.04. The molecular formula is C30H33FN6O. The molecule has 5 aromatic rings. The molecule has 0 unspecified atom stereocenters. The van der Waals surface area contributed by atoms with Crippen LogP contribution in [0.15, 0.2) is 54.7 Å². The number of rotatable bonds is 5. The molecule has 1 fully saturated rings. The number of aryl methyl sites for hydroxylation is 2. The van der Waals surface area contributed by atoms with Crippen molar-refractivity contribution in [2.45, 2.75) is 45.2 Å². The molecule has 0 aliphatic carbocycles. The number of halogens is 1. The maximum absolute atomic E-state index is 16.6. The monoisotopic (exact) mass is 512 g/mol. The molecule has 0 bridgehead atoms. The van der Waals surface area contributed by atoms with Crippen LogP contribution in [0.2, 0.25) is 0 Å². The van der Waals surface area contributed by atoms with E-state index in [1.165, 1.54) is 0 Å². The molecule has 3 aromatic heterocycles. The van der Waals surface area contributed by atoms with Crippen LogP contribution in [-0.4, -0.2) is 37.8 Å². The third kappa shape index (κ3) is 3.99. The number of fused-ring (bicyclic) bond motifs is 3. The number of hydrogen-bond acceptors (Lipinski definition) is 5. The number of hydrogen-bond donors (Lipinski definition) is 1. The van der Waals surface area contributed by atoms with Gasteiger partial charge in [-0.2, -0.15) is 0 Å². The zero-order chi connectivity index (χ0) is 26.6. The van der Waals surface area contributed by atoms with Crippen molar-refractivity contribution in [1.29, 1.82) is 0 Å². The molecule has 0 spiro atoms. The van der Waals surface area contributed by atoms with Crippen LogP contribution in [-0.2, 0) is 17.3 Å². The fourth-order valence-corrected chi connectivity index (χ4v) is 6.04. The van der Waals surface area contributed by atoms with E-state index in [2.05, 4.69) is 45.2 Å². The average Bonchev–Trinajstić information content (AvgIpc) is 3.41. The van der Waals surface area contributed by atoms with Crippen molar-refractivity contribution in [3.8, 4) is 11.3 Å². The minimum absolute atomic E-state index is 0.103. The first-order valence-electron chi connectivity index (χ1n) is 13.2. The molecule has 2 N–H and O–H groups in total. The Morgan fingerprint density at radius 1 is 1.11 bits per heavy atom. The second kappa shape index (κ2) is 9.29. The smallest absolute Gasteiger partial charge is 0.152 e. The minimum Gasteiger partial charge on any atom is -0.381 e. The Morgan fingerprint density at radius 3 is 2.50 bits per heavy atom. The Labute approximate surface area is 221 Å². The zero-order valence-electron chi connectivity index (χ0n) is 22.3. The molecule has 2 aromatic carbocycles. The molecule has 6 rings (SSSR count). The van der Waals surface area contributed by atoms with Gasteiger partial charge >= 0.3 is 0 Å². The van der Waals surface area contributed by atoms with Crippen LogP contribution in [0.3, 0.4) is 0 Å². The Hall–Kier alpha value is -3.62. The summed E-state index contributed by atoms with van der Waals surface area (Å²) in [6, 6.07) is 16.2. The Balaban J connectivity index is 1.73. The average molecular weight is 513 g/mol. The summed E-state index contributed by atoms with van der Waals surface area (Å²) in [5.74, 6) is -0.0245. The van der Waals surface area contributed by atoms with Gasteiger partial charge in [0.1, 0.15) is 0 Å². The van der Waals surface area contributed by atoms with Crippen LogP contribution < -0.4 is 5.73 Å². The van der Waals surface area contributed by atoms with Crippen LogP contribution in [0.25, 0.3) is 33.2 Å². The summed E-state index contributed by atoms with van der Waals surface area (Å²) in [6.07, 6.45) is 3.62. The van der Waals surface area contributed by atoms with Crippen LogP contribution in [0, 0.1) is 18.7 Å². The van der Waals surface area contributed by atoms with Crippen molar-refractivity contribution in [3.05, 3.63) is 77.4 Å². The van der Waals surface area contributed by atoms with Gasteiger partial charge in [0.25, 0.3) is 0 Å². The fraction of sp³-hybridized carbons (Fsp3) is 0.367. The van der Waals surface area contributed by atoms with Crippen molar-refractivity contribution in [2.75, 3.05) is 13.2 Å². The molecule has 1 saturated heterocycles. The van der Waals surface area contributed by atoms with E-state index in [9.17, 15) is 0 Å². The highest BCUT2D eigenvalue weighted by Gasteiger charge is 2.33. The summed E-state index contributed by atoms with van der Waals surface area (Å²) >= 11 is 0. The third-order valence-electron chi connectivity index (χ3n) is 7.83. The predicted octanol–water partition coefficient (Wildman–Crippen LogP) is 5.64. The maximum Gasteiger partial charge on any atom is 0.152 e. The van der Waals surface area contributed by atoms with E-state index in [1.54, 1.807) is 10.7 Å². The molecule has 4 heterocycles. The minimum atomic E-state index is -0.837. The molecule has 1 aliphatic heterocycles. The third-order valence-corrected chi connectivity index (χ3v) is 7.83. The van der Waals surface area contributed by atoms with Gasteiger partial charge in [-0.1, -0.05) is 47.7 Å². The SMILES string of the molecule is Cc1nnn(C)c1-c1cnc2c3ccc(C(C)(C)N)c(F)c3n([C@H](c3ccccc3)C3CCOCC3)c2c1. The second-order valence-corrected chi connectivity index (χ2v) is 11.0. The van der Waals surface area contributed by atoms with Gasteiger partial charge < -0.3 is 15.0 Å². The lowest BCUT2D eigenvalue weighted by molar-refractivity contribution is 0.0552. The van der Waals surface area contributed by atoms with Crippen molar-refractivity contribution in [3.63, 3.8) is 0 Å². The highest BCUT2D eigenvalue weighted by Crippen LogP contribution is 2.43. The molecule has 1 aliphatic rings. The van der Waals surface area contributed by atoms with E-state index in [0.29, 0.717) is 24.3 Å². The van der Waals surface area contributed by atoms with Gasteiger partial charge in [0.15, 0.2) is 5.82 Å². The Bertz CT molecular complexity index is 1610. The fourth-order valence-electron chi connectivity index (χ4n) is 6.04. The van der Waals surface area contributed by atoms with E-state index in [-0.39, 0.29) is 17.8 Å². The molecule has 0 amide bonds. The molecular weight excluding hydrogens is 479 g/mol. The van der Waals surface area contributed by atoms with E-state index in [1.807, 2.05) is 46.1 Å². The molecule has 7 nitrogen and oxygen atoms in total. The van der Waals surface area contributed by atoms with E-state index < -0.39 is 5.54 Å². The van der Waals surface area contributed by atoms with Crippen LogP contribution in [0.5, 0.6) is 0 Å². The lowest BCUT2D eigenvalue weighted by Gasteiger charge is -2.33. The topological polar surface area (TPSA) is 83.8 Å². The van der Waals surface area contributed by atoms with E-state index in [4.69, 9.17) is 15.5 Å². The number of ether oxygens (including phenoxy) is 1. The summed E-state index contributed by atoms with van der Waals surface area (Å²) in [6.45, 7) is 7.00. The van der Waals surface area contributed by atoms with Gasteiger partial charge in [-0.25, -0.2) is 9.07 Å². The van der Waals surface area contributed by atoms with Gasteiger partial charge in [-0.05, 0) is 51.2 Å².